The van der Waals surface area contributed by atoms with Crippen molar-refractivity contribution in [3.05, 3.63) is 35.2 Å². The van der Waals surface area contributed by atoms with Crippen LogP contribution in [0, 0.1) is 12.3 Å². The molecule has 1 aromatic heterocycles. The molecular weight excluding hydrogens is 190 g/mol. The summed E-state index contributed by atoms with van der Waals surface area (Å²) < 4.78 is 1.34. The molecule has 0 bridgehead atoms. The highest BCUT2D eigenvalue weighted by Crippen LogP contribution is 2.25. The van der Waals surface area contributed by atoms with Crippen molar-refractivity contribution < 1.29 is 0 Å². The maximum atomic E-state index is 5.17. The van der Waals surface area contributed by atoms with E-state index in [0.29, 0.717) is 6.54 Å². The third-order valence-electron chi connectivity index (χ3n) is 2.10. The van der Waals surface area contributed by atoms with Gasteiger partial charge in [-0.15, -0.1) is 17.8 Å². The Kier molecular flexibility index (Phi) is 2.83. The summed E-state index contributed by atoms with van der Waals surface area (Å²) in [5.41, 5.74) is 1.33. The van der Waals surface area contributed by atoms with Gasteiger partial charge in [0, 0.05) is 11.2 Å². The third kappa shape index (κ3) is 1.79. The molecule has 2 rings (SSSR count). The predicted molar refractivity (Wildman–Crippen MR) is 62.4 cm³/mol. The molecule has 2 heteroatoms. The number of hydrogen-bond donors (Lipinski definition) is 1. The first-order valence-corrected chi connectivity index (χ1v) is 5.39. The van der Waals surface area contributed by atoms with Crippen molar-refractivity contribution in [2.75, 3.05) is 6.54 Å². The molecule has 1 heterocycles. The van der Waals surface area contributed by atoms with E-state index >= 15 is 0 Å². The quantitative estimate of drug-likeness (QED) is 0.594. The minimum absolute atomic E-state index is 0.629. The van der Waals surface area contributed by atoms with Crippen molar-refractivity contribution in [1.29, 1.82) is 0 Å². The highest BCUT2D eigenvalue weighted by atomic mass is 32.1. The molecule has 0 aliphatic rings. The van der Waals surface area contributed by atoms with Crippen LogP contribution in [0.25, 0.3) is 10.1 Å². The topological polar surface area (TPSA) is 12.0 Å². The smallest absolute Gasteiger partial charge is 0.0576 e. The third-order valence-corrected chi connectivity index (χ3v) is 3.12. The van der Waals surface area contributed by atoms with Crippen molar-refractivity contribution in [1.82, 2.24) is 5.32 Å². The van der Waals surface area contributed by atoms with Crippen LogP contribution in [-0.2, 0) is 6.54 Å². The van der Waals surface area contributed by atoms with Gasteiger partial charge in [0.1, 0.15) is 0 Å². The van der Waals surface area contributed by atoms with Crippen molar-refractivity contribution >= 4 is 21.4 Å². The number of benzene rings is 1. The summed E-state index contributed by atoms with van der Waals surface area (Å²) in [7, 11) is 0. The van der Waals surface area contributed by atoms with Crippen LogP contribution in [0.3, 0.4) is 0 Å². The first-order chi connectivity index (χ1) is 6.92. The van der Waals surface area contributed by atoms with Crippen LogP contribution in [0.5, 0.6) is 0 Å². The van der Waals surface area contributed by atoms with Gasteiger partial charge < -0.3 is 5.32 Å². The predicted octanol–water partition coefficient (Wildman–Crippen LogP) is 2.62. The lowest BCUT2D eigenvalue weighted by Crippen LogP contribution is -2.12. The lowest BCUT2D eigenvalue weighted by atomic mass is 10.2. The zero-order valence-corrected chi connectivity index (χ0v) is 8.60. The number of nitrogens with one attached hydrogen (secondary N) is 1. The summed E-state index contributed by atoms with van der Waals surface area (Å²) in [6.07, 6.45) is 5.17. The van der Waals surface area contributed by atoms with E-state index in [9.17, 15) is 0 Å². The second-order valence-corrected chi connectivity index (χ2v) is 3.98. The average molecular weight is 201 g/mol. The fraction of sp³-hybridized carbons (Fsp3) is 0.167. The molecule has 0 atom stereocenters. The van der Waals surface area contributed by atoms with Gasteiger partial charge in [-0.2, -0.15) is 0 Å². The first kappa shape index (κ1) is 9.26. The van der Waals surface area contributed by atoms with Crippen LogP contribution in [0.15, 0.2) is 29.6 Å². The maximum Gasteiger partial charge on any atom is 0.0576 e. The van der Waals surface area contributed by atoms with E-state index in [4.69, 9.17) is 6.42 Å². The van der Waals surface area contributed by atoms with E-state index in [1.807, 2.05) is 0 Å². The minimum atomic E-state index is 0.629. The van der Waals surface area contributed by atoms with E-state index in [0.717, 1.165) is 6.54 Å². The van der Waals surface area contributed by atoms with Gasteiger partial charge in [-0.3, -0.25) is 0 Å². The zero-order chi connectivity index (χ0) is 9.80. The highest BCUT2D eigenvalue weighted by Gasteiger charge is 2.01. The molecule has 0 unspecified atom stereocenters. The molecule has 0 saturated heterocycles. The normalized spacial score (nSPS) is 10.2. The number of thiophene rings is 1. The van der Waals surface area contributed by atoms with Crippen LogP contribution >= 0.6 is 11.3 Å². The van der Waals surface area contributed by atoms with E-state index in [2.05, 4.69) is 40.9 Å². The first-order valence-electron chi connectivity index (χ1n) is 4.51. The molecule has 1 aromatic carbocycles. The summed E-state index contributed by atoms with van der Waals surface area (Å²) in [4.78, 5) is 0. The van der Waals surface area contributed by atoms with E-state index < -0.39 is 0 Å². The van der Waals surface area contributed by atoms with Crippen LogP contribution < -0.4 is 5.32 Å². The Morgan fingerprint density at radius 1 is 1.36 bits per heavy atom. The van der Waals surface area contributed by atoms with Gasteiger partial charge in [0.2, 0.25) is 0 Å². The van der Waals surface area contributed by atoms with Crippen molar-refractivity contribution in [3.63, 3.8) is 0 Å². The van der Waals surface area contributed by atoms with Crippen LogP contribution in [0.4, 0.5) is 0 Å². The number of fused-ring (bicyclic) bond motifs is 1. The Morgan fingerprint density at radius 2 is 2.21 bits per heavy atom. The Bertz CT molecular complexity index is 464. The van der Waals surface area contributed by atoms with Crippen molar-refractivity contribution in [2.24, 2.45) is 0 Å². The Balaban J connectivity index is 2.22. The molecule has 0 saturated carbocycles. The summed E-state index contributed by atoms with van der Waals surface area (Å²) >= 11 is 1.78. The van der Waals surface area contributed by atoms with Crippen LogP contribution in [0.1, 0.15) is 5.56 Å². The molecule has 1 N–H and O–H groups in total. The summed E-state index contributed by atoms with van der Waals surface area (Å²) in [6, 6.07) is 8.43. The number of rotatable bonds is 3. The molecule has 0 fully saturated rings. The molecule has 1 nitrogen and oxygen atoms in total. The fourth-order valence-corrected chi connectivity index (χ4v) is 2.40. The number of hydrogen-bond acceptors (Lipinski definition) is 2. The van der Waals surface area contributed by atoms with Gasteiger partial charge in [-0.05, 0) is 22.4 Å². The van der Waals surface area contributed by atoms with Gasteiger partial charge in [0.25, 0.3) is 0 Å². The van der Waals surface area contributed by atoms with Gasteiger partial charge in [-0.1, -0.05) is 24.1 Å². The SMILES string of the molecule is C#CCNCc1csc2ccccc12. The van der Waals surface area contributed by atoms with E-state index in [-0.39, 0.29) is 0 Å². The second kappa shape index (κ2) is 4.28. The van der Waals surface area contributed by atoms with Crippen LogP contribution in [-0.4, -0.2) is 6.54 Å². The zero-order valence-electron chi connectivity index (χ0n) is 7.79. The van der Waals surface area contributed by atoms with Gasteiger partial charge in [0.15, 0.2) is 0 Å². The number of terminal acetylenes is 1. The molecule has 0 aliphatic carbocycles. The minimum Gasteiger partial charge on any atom is -0.302 e. The Hall–Kier alpha value is -1.30. The molecule has 0 radical (unpaired) electrons. The summed E-state index contributed by atoms with van der Waals surface area (Å²) in [5, 5.41) is 6.72. The maximum absolute atomic E-state index is 5.17. The molecule has 70 valence electrons. The lowest BCUT2D eigenvalue weighted by Gasteiger charge is -1.98. The fourth-order valence-electron chi connectivity index (χ4n) is 1.44. The molecule has 0 aliphatic heterocycles. The van der Waals surface area contributed by atoms with Gasteiger partial charge in [-0.25, -0.2) is 0 Å². The van der Waals surface area contributed by atoms with E-state index in [1.165, 1.54) is 15.6 Å². The van der Waals surface area contributed by atoms with Crippen molar-refractivity contribution in [3.8, 4) is 12.3 Å². The summed E-state index contributed by atoms with van der Waals surface area (Å²) in [5.74, 6) is 2.57. The monoisotopic (exact) mass is 201 g/mol. The van der Waals surface area contributed by atoms with Gasteiger partial charge in [0.05, 0.1) is 6.54 Å². The molecule has 14 heavy (non-hydrogen) atoms. The second-order valence-electron chi connectivity index (χ2n) is 3.06. The Labute approximate surface area is 87.8 Å². The molecule has 0 spiro atoms. The largest absolute Gasteiger partial charge is 0.302 e. The standard InChI is InChI=1S/C12H11NS/c1-2-7-13-8-10-9-14-12-6-4-3-5-11(10)12/h1,3-6,9,13H,7-8H2. The average Bonchev–Trinajstić information content (AvgIpc) is 2.63. The van der Waals surface area contributed by atoms with Crippen LogP contribution in [0.2, 0.25) is 0 Å². The van der Waals surface area contributed by atoms with Gasteiger partial charge >= 0.3 is 0 Å². The van der Waals surface area contributed by atoms with Crippen molar-refractivity contribution in [2.45, 2.75) is 6.54 Å². The summed E-state index contributed by atoms with van der Waals surface area (Å²) in [6.45, 7) is 1.48. The molecular formula is C12H11NS. The molecule has 2 aromatic rings. The van der Waals surface area contributed by atoms with E-state index in [1.54, 1.807) is 11.3 Å². The molecule has 0 amide bonds. The Morgan fingerprint density at radius 3 is 3.07 bits per heavy atom. The lowest BCUT2D eigenvalue weighted by molar-refractivity contribution is 0.777. The highest BCUT2D eigenvalue weighted by molar-refractivity contribution is 7.17.